The van der Waals surface area contributed by atoms with E-state index in [0.29, 0.717) is 9.81 Å². The van der Waals surface area contributed by atoms with Crippen LogP contribution in [0, 0.1) is 5.92 Å². The molecule has 262 valence electrons. The number of benzene rings is 1. The van der Waals surface area contributed by atoms with Crippen LogP contribution in [-0.4, -0.2) is 71.8 Å². The third kappa shape index (κ3) is 9.74. The van der Waals surface area contributed by atoms with Crippen molar-refractivity contribution in [2.24, 2.45) is 5.92 Å². The van der Waals surface area contributed by atoms with Crippen molar-refractivity contribution in [2.75, 3.05) is 45.0 Å². The van der Waals surface area contributed by atoms with Gasteiger partial charge in [-0.05, 0) is 98.8 Å². The van der Waals surface area contributed by atoms with E-state index in [2.05, 4.69) is 49.0 Å². The first-order valence-electron chi connectivity index (χ1n) is 18.6. The molecule has 2 aromatic rings. The number of anilines is 1. The number of quaternary nitrogens is 1. The molecule has 4 aliphatic rings. The van der Waals surface area contributed by atoms with Crippen LogP contribution in [0.4, 0.5) is 5.82 Å². The van der Waals surface area contributed by atoms with Gasteiger partial charge in [0.05, 0.1) is 25.1 Å². The van der Waals surface area contributed by atoms with Crippen LogP contribution in [0.15, 0.2) is 30.3 Å². The predicted octanol–water partition coefficient (Wildman–Crippen LogP) is 8.76. The molecule has 2 saturated carbocycles. The average Bonchev–Trinajstić information content (AvgIpc) is 3.92. The zero-order chi connectivity index (χ0) is 33.8. The molecule has 1 aromatic heterocycles. The smallest absolute Gasteiger partial charge is 0.368 e. The Labute approximate surface area is 289 Å². The molecule has 8 heteroatoms. The van der Waals surface area contributed by atoms with Crippen molar-refractivity contribution in [2.45, 2.75) is 129 Å². The highest BCUT2D eigenvalue weighted by molar-refractivity contribution is 7.93. The van der Waals surface area contributed by atoms with E-state index < -0.39 is 12.0 Å². The monoisotopic (exact) mass is 668 g/mol. The van der Waals surface area contributed by atoms with Gasteiger partial charge in [0, 0.05) is 56.7 Å². The van der Waals surface area contributed by atoms with Crippen LogP contribution in [0.25, 0.3) is 0 Å². The van der Waals surface area contributed by atoms with E-state index in [1.807, 2.05) is 27.7 Å². The van der Waals surface area contributed by atoms with E-state index in [-0.39, 0.29) is 12.1 Å². The van der Waals surface area contributed by atoms with E-state index in [9.17, 15) is 9.90 Å². The molecule has 0 radical (unpaired) electrons. The molecule has 2 atom stereocenters. The van der Waals surface area contributed by atoms with Gasteiger partial charge in [0.15, 0.2) is 0 Å². The Morgan fingerprint density at radius 3 is 2.51 bits per heavy atom. The highest BCUT2D eigenvalue weighted by atomic mass is 32.2. The van der Waals surface area contributed by atoms with Crippen molar-refractivity contribution in [3.63, 3.8) is 0 Å². The fraction of sp³-hybridized carbons (Fsp3) is 0.692. The van der Waals surface area contributed by atoms with E-state index in [0.717, 1.165) is 107 Å². The van der Waals surface area contributed by atoms with Gasteiger partial charge in [0.2, 0.25) is 6.04 Å². The number of fused-ring (bicyclic) bond motifs is 1. The third-order valence-electron chi connectivity index (χ3n) is 10.4. The molecule has 1 aromatic carbocycles. The summed E-state index contributed by atoms with van der Waals surface area (Å²) < 4.78 is 12.4. The van der Waals surface area contributed by atoms with E-state index in [1.54, 1.807) is 11.9 Å². The molecule has 6 rings (SSSR count). The van der Waals surface area contributed by atoms with Crippen molar-refractivity contribution in [3.8, 4) is 0 Å². The SMILES string of the molecule is CC.CC.CS[N+](C)(C1CC(OCCCCc2ccc3c(n2)NCCC3)C1)C(C(=O)O)c1ccc(CC2CC2)cc1C1CCOCC1. The molecular weight excluding hydrogens is 607 g/mol. The largest absolute Gasteiger partial charge is 0.477 e. The number of aromatic nitrogens is 1. The summed E-state index contributed by atoms with van der Waals surface area (Å²) in [6.45, 7) is 11.3. The van der Waals surface area contributed by atoms with Crippen molar-refractivity contribution < 1.29 is 23.3 Å². The second-order valence-electron chi connectivity index (χ2n) is 13.4. The molecule has 3 heterocycles. The van der Waals surface area contributed by atoms with Gasteiger partial charge in [-0.1, -0.05) is 52.0 Å². The summed E-state index contributed by atoms with van der Waals surface area (Å²) in [5.41, 5.74) is 6.12. The van der Waals surface area contributed by atoms with Crippen molar-refractivity contribution in [3.05, 3.63) is 58.3 Å². The Morgan fingerprint density at radius 2 is 1.83 bits per heavy atom. The van der Waals surface area contributed by atoms with Crippen LogP contribution in [0.1, 0.15) is 125 Å². The number of hydrogen-bond donors (Lipinski definition) is 2. The van der Waals surface area contributed by atoms with Gasteiger partial charge in [-0.3, -0.25) is 0 Å². The summed E-state index contributed by atoms with van der Waals surface area (Å²) in [5, 5.41) is 14.2. The number of carboxylic acid groups (broad SMARTS) is 1. The molecule has 2 N–H and O–H groups in total. The molecule has 1 saturated heterocycles. The van der Waals surface area contributed by atoms with Crippen molar-refractivity contribution in [1.29, 1.82) is 0 Å². The van der Waals surface area contributed by atoms with Crippen LogP contribution in [0.2, 0.25) is 0 Å². The summed E-state index contributed by atoms with van der Waals surface area (Å²) in [6, 6.07) is 10.8. The van der Waals surface area contributed by atoms with Gasteiger partial charge in [-0.2, -0.15) is 0 Å². The second-order valence-corrected chi connectivity index (χ2v) is 14.5. The van der Waals surface area contributed by atoms with Gasteiger partial charge >= 0.3 is 5.97 Å². The van der Waals surface area contributed by atoms with E-state index in [4.69, 9.17) is 14.5 Å². The number of likely N-dealkylation sites (N-methyl/N-ethyl adjacent to an activating group) is 1. The van der Waals surface area contributed by atoms with Gasteiger partial charge in [0.25, 0.3) is 0 Å². The van der Waals surface area contributed by atoms with Crippen LogP contribution in [-0.2, 0) is 33.5 Å². The summed E-state index contributed by atoms with van der Waals surface area (Å²) in [6.07, 6.45) is 15.2. The molecule has 3 fully saturated rings. The number of nitrogens with zero attached hydrogens (tertiary/aromatic N) is 2. The highest BCUT2D eigenvalue weighted by Crippen LogP contribution is 2.47. The highest BCUT2D eigenvalue weighted by Gasteiger charge is 2.52. The fourth-order valence-electron chi connectivity index (χ4n) is 7.37. The molecule has 47 heavy (non-hydrogen) atoms. The standard InChI is InChI=1S/C35H49N3O4S.2C2H6/c1-38(43-2,29-22-30(23-29)42-17-4-3-7-28-12-11-27-6-5-16-36-34(27)37-28)33(35(39)40)31-13-10-25(20-24-8-9-24)21-32(31)26-14-18-41-19-15-26;2*1-2/h10-13,21,24,26,29-30,33H,3-9,14-20,22-23H2,1-2H3,(H-,36,37,39,40);2*1-2H3/p+1. The Morgan fingerprint density at radius 1 is 1.09 bits per heavy atom. The van der Waals surface area contributed by atoms with Gasteiger partial charge in [-0.25, -0.2) is 13.7 Å². The molecule has 0 spiro atoms. The van der Waals surface area contributed by atoms with E-state index in [1.165, 1.54) is 36.0 Å². The first-order chi connectivity index (χ1) is 22.9. The number of ether oxygens (including phenoxy) is 2. The molecule has 0 amide bonds. The second kappa shape index (κ2) is 18.6. The van der Waals surface area contributed by atoms with Crippen LogP contribution in [0.3, 0.4) is 0 Å². The van der Waals surface area contributed by atoms with Crippen LogP contribution in [0.5, 0.6) is 0 Å². The fourth-order valence-corrected chi connectivity index (χ4v) is 8.26. The van der Waals surface area contributed by atoms with Gasteiger partial charge < -0.3 is 19.9 Å². The zero-order valence-corrected chi connectivity index (χ0v) is 30.9. The number of nitrogens with one attached hydrogen (secondary N) is 1. The first kappa shape index (κ1) is 37.7. The Balaban J connectivity index is 0.00000120. The Hall–Kier alpha value is -2.13. The Kier molecular flexibility index (Phi) is 14.9. The number of unbranched alkanes of at least 4 members (excludes halogenated alkanes) is 1. The lowest BCUT2D eigenvalue weighted by atomic mass is 9.82. The third-order valence-corrected chi connectivity index (χ3v) is 11.7. The number of carbonyl (C=O) groups is 1. The van der Waals surface area contributed by atoms with Crippen molar-refractivity contribution >= 4 is 23.7 Å². The molecular formula is C39H62N3O4S+. The minimum atomic E-state index is -0.726. The summed E-state index contributed by atoms with van der Waals surface area (Å²) in [7, 11) is 2.14. The van der Waals surface area contributed by atoms with Crippen molar-refractivity contribution in [1.82, 2.24) is 4.98 Å². The predicted molar refractivity (Wildman–Crippen MR) is 195 cm³/mol. The van der Waals surface area contributed by atoms with Gasteiger partial charge in [0.1, 0.15) is 11.9 Å². The normalized spacial score (nSPS) is 22.5. The molecule has 0 bridgehead atoms. The lowest BCUT2D eigenvalue weighted by Crippen LogP contribution is -2.58. The summed E-state index contributed by atoms with van der Waals surface area (Å²) >= 11 is 1.67. The number of carboxylic acids is 1. The average molecular weight is 669 g/mol. The number of aliphatic carboxylic acids is 1. The van der Waals surface area contributed by atoms with Crippen LogP contribution < -0.4 is 5.32 Å². The summed E-state index contributed by atoms with van der Waals surface area (Å²) in [4.78, 5) is 17.9. The molecule has 2 aliphatic heterocycles. The van der Waals surface area contributed by atoms with Crippen LogP contribution >= 0.6 is 11.9 Å². The van der Waals surface area contributed by atoms with Gasteiger partial charge in [-0.15, -0.1) is 0 Å². The maximum absolute atomic E-state index is 13.1. The number of rotatable bonds is 14. The molecule has 2 aliphatic carbocycles. The Bertz CT molecular complexity index is 1260. The molecule has 7 nitrogen and oxygen atoms in total. The summed E-state index contributed by atoms with van der Waals surface area (Å²) in [5.74, 6) is 1.52. The molecule has 2 unspecified atom stereocenters. The number of aryl methyl sites for hydroxylation is 2. The lowest BCUT2D eigenvalue weighted by Gasteiger charge is -2.49. The first-order valence-corrected chi connectivity index (χ1v) is 19.8. The number of hydrogen-bond acceptors (Lipinski definition) is 6. The maximum atomic E-state index is 13.1. The van der Waals surface area contributed by atoms with E-state index >= 15 is 0 Å². The number of pyridine rings is 1. The topological polar surface area (TPSA) is 80.7 Å². The lowest BCUT2D eigenvalue weighted by molar-refractivity contribution is -0.834. The quantitative estimate of drug-likeness (QED) is 0.118. The minimum absolute atomic E-state index is 0.214. The minimum Gasteiger partial charge on any atom is -0.477 e. The zero-order valence-electron chi connectivity index (χ0n) is 30.1. The maximum Gasteiger partial charge on any atom is 0.368 e.